The van der Waals surface area contributed by atoms with E-state index in [2.05, 4.69) is 15.6 Å². The summed E-state index contributed by atoms with van der Waals surface area (Å²) in [6.45, 7) is 2.04. The summed E-state index contributed by atoms with van der Waals surface area (Å²) in [7, 11) is 0. The van der Waals surface area contributed by atoms with E-state index in [9.17, 15) is 29.1 Å². The van der Waals surface area contributed by atoms with Crippen LogP contribution in [0.3, 0.4) is 0 Å². The number of primary amides is 1. The van der Waals surface area contributed by atoms with Gasteiger partial charge in [0.15, 0.2) is 5.96 Å². The standard InChI is InChI=1S/C19H34N8O6/c1-10(20)17(31)27-9-3-5-13(27)16(30)25-11(6-7-14(21)28)15(29)26-12(18(32)33)4-2-8-24-19(22)23/h10-13H,2-9,20H2,1H3,(H2,21,28)(H,25,30)(H,26,29)(H,32,33)(H4,22,23,24). The number of carboxylic acid groups (broad SMARTS) is 1. The van der Waals surface area contributed by atoms with Crippen molar-refractivity contribution in [3.05, 3.63) is 0 Å². The number of nitrogens with zero attached hydrogens (tertiary/aromatic N) is 2. The molecule has 1 heterocycles. The minimum absolute atomic E-state index is 0.0353. The Morgan fingerprint density at radius 3 is 2.30 bits per heavy atom. The molecular weight excluding hydrogens is 436 g/mol. The predicted octanol–water partition coefficient (Wildman–Crippen LogP) is -3.30. The molecule has 0 spiro atoms. The molecule has 1 saturated heterocycles. The zero-order valence-electron chi connectivity index (χ0n) is 18.7. The van der Waals surface area contributed by atoms with Crippen molar-refractivity contribution in [2.45, 2.75) is 69.6 Å². The maximum Gasteiger partial charge on any atom is 0.326 e. The Morgan fingerprint density at radius 1 is 1.09 bits per heavy atom. The van der Waals surface area contributed by atoms with Gasteiger partial charge in [-0.25, -0.2) is 4.79 Å². The molecule has 186 valence electrons. The van der Waals surface area contributed by atoms with Crippen molar-refractivity contribution in [2.24, 2.45) is 27.9 Å². The van der Waals surface area contributed by atoms with Gasteiger partial charge in [0.2, 0.25) is 23.6 Å². The summed E-state index contributed by atoms with van der Waals surface area (Å²) in [6, 6.07) is -4.09. The first-order chi connectivity index (χ1) is 15.4. The van der Waals surface area contributed by atoms with Crippen LogP contribution in [0.2, 0.25) is 0 Å². The molecule has 1 aliphatic rings. The van der Waals surface area contributed by atoms with Gasteiger partial charge in [0.05, 0.1) is 6.04 Å². The number of amides is 4. The number of rotatable bonds is 13. The highest BCUT2D eigenvalue weighted by atomic mass is 16.4. The second kappa shape index (κ2) is 13.2. The highest BCUT2D eigenvalue weighted by Crippen LogP contribution is 2.18. The number of carboxylic acids is 1. The topological polar surface area (TPSA) is 249 Å². The summed E-state index contributed by atoms with van der Waals surface area (Å²) >= 11 is 0. The van der Waals surface area contributed by atoms with E-state index in [4.69, 9.17) is 22.9 Å². The number of hydrogen-bond donors (Lipinski definition) is 7. The normalized spacial score (nSPS) is 18.0. The monoisotopic (exact) mass is 470 g/mol. The van der Waals surface area contributed by atoms with Crippen LogP contribution in [0.5, 0.6) is 0 Å². The molecule has 14 heteroatoms. The van der Waals surface area contributed by atoms with Crippen LogP contribution in [0, 0.1) is 0 Å². The number of likely N-dealkylation sites (tertiary alicyclic amines) is 1. The second-order valence-corrected chi connectivity index (χ2v) is 7.89. The third-order valence-electron chi connectivity index (χ3n) is 5.10. The van der Waals surface area contributed by atoms with Crippen molar-refractivity contribution in [3.63, 3.8) is 0 Å². The van der Waals surface area contributed by atoms with Gasteiger partial charge in [-0.3, -0.25) is 24.2 Å². The molecule has 4 unspecified atom stereocenters. The van der Waals surface area contributed by atoms with Gasteiger partial charge < -0.3 is 43.6 Å². The number of guanidine groups is 1. The smallest absolute Gasteiger partial charge is 0.326 e. The molecule has 0 saturated carbocycles. The molecule has 4 amide bonds. The van der Waals surface area contributed by atoms with Crippen molar-refractivity contribution in [1.29, 1.82) is 0 Å². The third-order valence-corrected chi connectivity index (χ3v) is 5.10. The van der Waals surface area contributed by atoms with E-state index in [1.54, 1.807) is 0 Å². The van der Waals surface area contributed by atoms with E-state index in [0.29, 0.717) is 19.4 Å². The highest BCUT2D eigenvalue weighted by molar-refractivity contribution is 5.94. The van der Waals surface area contributed by atoms with Crippen LogP contribution in [0.25, 0.3) is 0 Å². The molecule has 4 atom stereocenters. The molecule has 33 heavy (non-hydrogen) atoms. The maximum absolute atomic E-state index is 12.8. The third kappa shape index (κ3) is 9.31. The fraction of sp³-hybridized carbons (Fsp3) is 0.684. The summed E-state index contributed by atoms with van der Waals surface area (Å²) in [4.78, 5) is 65.8. The molecule has 0 aromatic rings. The molecule has 0 aromatic carbocycles. The maximum atomic E-state index is 12.8. The summed E-state index contributed by atoms with van der Waals surface area (Å²) in [6.07, 6.45) is 0.940. The van der Waals surface area contributed by atoms with Crippen LogP contribution in [0.4, 0.5) is 0 Å². The first-order valence-electron chi connectivity index (χ1n) is 10.7. The number of aliphatic imine (C=N–C) groups is 1. The number of carbonyl (C=O) groups excluding carboxylic acids is 4. The van der Waals surface area contributed by atoms with E-state index in [1.807, 2.05) is 0 Å². The Bertz CT molecular complexity index is 767. The molecule has 0 bridgehead atoms. The average molecular weight is 471 g/mol. The second-order valence-electron chi connectivity index (χ2n) is 7.89. The van der Waals surface area contributed by atoms with Gasteiger partial charge in [-0.1, -0.05) is 0 Å². The van der Waals surface area contributed by atoms with Crippen LogP contribution >= 0.6 is 0 Å². The fourth-order valence-corrected chi connectivity index (χ4v) is 3.42. The number of aliphatic carboxylic acids is 1. The highest BCUT2D eigenvalue weighted by Gasteiger charge is 2.37. The minimum atomic E-state index is -1.28. The number of nitrogens with one attached hydrogen (secondary N) is 2. The Labute approximate surface area is 191 Å². The fourth-order valence-electron chi connectivity index (χ4n) is 3.42. The Balaban J connectivity index is 2.87. The molecular formula is C19H34N8O6. The molecule has 0 radical (unpaired) electrons. The van der Waals surface area contributed by atoms with Crippen LogP contribution in [0.1, 0.15) is 45.4 Å². The summed E-state index contributed by atoms with van der Waals surface area (Å²) in [5.41, 5.74) is 21.3. The van der Waals surface area contributed by atoms with Gasteiger partial charge in [-0.05, 0) is 39.0 Å². The first-order valence-corrected chi connectivity index (χ1v) is 10.7. The van der Waals surface area contributed by atoms with Crippen molar-refractivity contribution < 1.29 is 29.1 Å². The molecule has 1 aliphatic heterocycles. The van der Waals surface area contributed by atoms with Crippen molar-refractivity contribution in [1.82, 2.24) is 15.5 Å². The summed E-state index contributed by atoms with van der Waals surface area (Å²) in [5.74, 6) is -3.88. The number of carbonyl (C=O) groups is 5. The van der Waals surface area contributed by atoms with Gasteiger partial charge in [0, 0.05) is 19.5 Å². The quantitative estimate of drug-likeness (QED) is 0.0807. The zero-order chi connectivity index (χ0) is 25.1. The first kappa shape index (κ1) is 27.6. The van der Waals surface area contributed by atoms with Crippen LogP contribution in [0.15, 0.2) is 4.99 Å². The summed E-state index contributed by atoms with van der Waals surface area (Å²) in [5, 5.41) is 14.3. The van der Waals surface area contributed by atoms with Gasteiger partial charge in [0.1, 0.15) is 18.1 Å². The lowest BCUT2D eigenvalue weighted by molar-refractivity contribution is -0.143. The lowest BCUT2D eigenvalue weighted by atomic mass is 10.1. The molecule has 11 N–H and O–H groups in total. The van der Waals surface area contributed by atoms with E-state index in [0.717, 1.165) is 0 Å². The largest absolute Gasteiger partial charge is 0.480 e. The molecule has 1 rings (SSSR count). The van der Waals surface area contributed by atoms with Gasteiger partial charge >= 0.3 is 5.97 Å². The van der Waals surface area contributed by atoms with Gasteiger partial charge in [-0.15, -0.1) is 0 Å². The van der Waals surface area contributed by atoms with E-state index in [1.165, 1.54) is 11.8 Å². The van der Waals surface area contributed by atoms with E-state index >= 15 is 0 Å². The number of nitrogens with two attached hydrogens (primary N) is 4. The van der Waals surface area contributed by atoms with Crippen molar-refractivity contribution in [2.75, 3.05) is 13.1 Å². The van der Waals surface area contributed by atoms with Crippen molar-refractivity contribution in [3.8, 4) is 0 Å². The number of hydrogen-bond acceptors (Lipinski definition) is 7. The van der Waals surface area contributed by atoms with E-state index < -0.39 is 53.8 Å². The SMILES string of the molecule is CC(N)C(=O)N1CCCC1C(=O)NC(CCC(N)=O)C(=O)NC(CCCN=C(N)N)C(=O)O. The minimum Gasteiger partial charge on any atom is -0.480 e. The Kier molecular flexibility index (Phi) is 11.0. The average Bonchev–Trinajstić information content (AvgIpc) is 3.21. The summed E-state index contributed by atoms with van der Waals surface area (Å²) < 4.78 is 0. The zero-order valence-corrected chi connectivity index (χ0v) is 18.7. The Morgan fingerprint density at radius 2 is 1.76 bits per heavy atom. The molecule has 1 fully saturated rings. The Hall–Kier alpha value is -3.42. The molecule has 0 aliphatic carbocycles. The van der Waals surface area contributed by atoms with Crippen LogP contribution < -0.4 is 33.6 Å². The van der Waals surface area contributed by atoms with Gasteiger partial charge in [0.25, 0.3) is 0 Å². The van der Waals surface area contributed by atoms with Crippen LogP contribution in [-0.2, 0) is 24.0 Å². The lowest BCUT2D eigenvalue weighted by Crippen LogP contribution is -2.56. The van der Waals surface area contributed by atoms with Gasteiger partial charge in [-0.2, -0.15) is 0 Å². The van der Waals surface area contributed by atoms with E-state index in [-0.39, 0.29) is 38.2 Å². The molecule has 14 nitrogen and oxygen atoms in total. The lowest BCUT2D eigenvalue weighted by Gasteiger charge is -2.28. The van der Waals surface area contributed by atoms with Crippen LogP contribution in [-0.4, -0.2) is 82.8 Å². The van der Waals surface area contributed by atoms with Crippen molar-refractivity contribution >= 4 is 35.6 Å². The predicted molar refractivity (Wildman–Crippen MR) is 118 cm³/mol. The molecule has 0 aromatic heterocycles.